The molecule has 0 radical (unpaired) electrons. The molecule has 2 heterocycles. The van der Waals surface area contributed by atoms with E-state index >= 15 is 0 Å². The molecule has 290 valence electrons. The van der Waals surface area contributed by atoms with Gasteiger partial charge in [0.2, 0.25) is 0 Å². The van der Waals surface area contributed by atoms with E-state index in [0.29, 0.717) is 34.9 Å². The summed E-state index contributed by atoms with van der Waals surface area (Å²) in [5, 5.41) is 0. The third kappa shape index (κ3) is 6.20. The number of aromatic nitrogens is 6. The molecule has 8 aromatic carbocycles. The summed E-state index contributed by atoms with van der Waals surface area (Å²) in [6.45, 7) is 0. The van der Waals surface area contributed by atoms with Gasteiger partial charge in [-0.15, -0.1) is 0 Å². The highest BCUT2D eigenvalue weighted by Gasteiger charge is 2.42. The van der Waals surface area contributed by atoms with Crippen molar-refractivity contribution in [2.75, 3.05) is 0 Å². The Morgan fingerprint density at radius 3 is 0.758 bits per heavy atom. The van der Waals surface area contributed by atoms with Crippen molar-refractivity contribution in [2.24, 2.45) is 0 Å². The molecule has 2 aromatic heterocycles. The SMILES string of the molecule is c1ccc(-c2ccc3c(c2)C2c4ccc(-c5nc(-c6ccccc6)nc(-c6ccccc6)n5)cc4C3c3ccc(-c4nc(-c5ccccc5)nc(-c5ccccc5)n4)cc32)cc1. The Morgan fingerprint density at radius 2 is 0.435 bits per heavy atom. The summed E-state index contributed by atoms with van der Waals surface area (Å²) in [5.41, 5.74) is 15.9. The predicted octanol–water partition coefficient (Wildman–Crippen LogP) is 12.7. The van der Waals surface area contributed by atoms with E-state index in [0.717, 1.165) is 33.4 Å². The molecule has 0 saturated heterocycles. The highest BCUT2D eigenvalue weighted by atomic mass is 15.0. The summed E-state index contributed by atoms with van der Waals surface area (Å²) in [7, 11) is 0. The molecule has 13 rings (SSSR count). The first kappa shape index (κ1) is 35.7. The summed E-state index contributed by atoms with van der Waals surface area (Å²) in [6, 6.07) is 71.9. The molecule has 2 unspecified atom stereocenters. The first-order chi connectivity index (χ1) is 30.7. The van der Waals surface area contributed by atoms with Crippen LogP contribution in [0.25, 0.3) is 79.5 Å². The molecule has 10 aromatic rings. The second-order valence-corrected chi connectivity index (χ2v) is 15.8. The Labute approximate surface area is 359 Å². The molecule has 0 amide bonds. The van der Waals surface area contributed by atoms with E-state index in [2.05, 4.69) is 84.9 Å². The zero-order valence-corrected chi connectivity index (χ0v) is 33.5. The van der Waals surface area contributed by atoms with Crippen LogP contribution in [0.1, 0.15) is 45.2 Å². The molecule has 0 saturated carbocycles. The normalized spacial score (nSPS) is 14.5. The van der Waals surface area contributed by atoms with E-state index in [1.165, 1.54) is 44.5 Å². The summed E-state index contributed by atoms with van der Waals surface area (Å²) < 4.78 is 0. The molecule has 2 bridgehead atoms. The van der Waals surface area contributed by atoms with Gasteiger partial charge in [0.05, 0.1) is 0 Å². The number of hydrogen-bond acceptors (Lipinski definition) is 6. The van der Waals surface area contributed by atoms with E-state index in [4.69, 9.17) is 29.9 Å². The standard InChI is InChI=1S/C56H36N6/c1-6-16-35(17-7-1)40-26-29-43-46(32-40)50-45-31-28-41(55-59-51(36-18-8-2-9-19-36)57-52(60-55)37-20-10-3-11-21-37)33-47(45)49(43)44-30-27-42(34-48(44)50)56-61-53(38-22-12-4-13-23-38)58-54(62-56)39-24-14-5-15-25-39/h1-34,49-50H. The molecular formula is C56H36N6. The van der Waals surface area contributed by atoms with Gasteiger partial charge in [-0.2, -0.15) is 0 Å². The first-order valence-corrected chi connectivity index (χ1v) is 20.9. The first-order valence-electron chi connectivity index (χ1n) is 20.9. The van der Waals surface area contributed by atoms with E-state index in [9.17, 15) is 0 Å². The predicted molar refractivity (Wildman–Crippen MR) is 246 cm³/mol. The highest BCUT2D eigenvalue weighted by molar-refractivity contribution is 5.78. The van der Waals surface area contributed by atoms with Crippen molar-refractivity contribution in [2.45, 2.75) is 11.8 Å². The summed E-state index contributed by atoms with van der Waals surface area (Å²) in [4.78, 5) is 30.4. The van der Waals surface area contributed by atoms with Crippen LogP contribution in [-0.4, -0.2) is 29.9 Å². The van der Waals surface area contributed by atoms with Crippen LogP contribution in [0.5, 0.6) is 0 Å². The average molecular weight is 793 g/mol. The van der Waals surface area contributed by atoms with Crippen molar-refractivity contribution < 1.29 is 0 Å². The van der Waals surface area contributed by atoms with E-state index in [1.54, 1.807) is 0 Å². The van der Waals surface area contributed by atoms with Crippen molar-refractivity contribution in [1.82, 2.24) is 29.9 Å². The highest BCUT2D eigenvalue weighted by Crippen LogP contribution is 2.57. The van der Waals surface area contributed by atoms with Crippen LogP contribution in [0.3, 0.4) is 0 Å². The molecule has 62 heavy (non-hydrogen) atoms. The van der Waals surface area contributed by atoms with Crippen LogP contribution >= 0.6 is 0 Å². The number of nitrogens with zero attached hydrogens (tertiary/aromatic N) is 6. The molecular weight excluding hydrogens is 757 g/mol. The lowest BCUT2D eigenvalue weighted by Gasteiger charge is -2.42. The molecule has 6 heteroatoms. The fourth-order valence-corrected chi connectivity index (χ4v) is 9.23. The van der Waals surface area contributed by atoms with Crippen molar-refractivity contribution in [1.29, 1.82) is 0 Å². The lowest BCUT2D eigenvalue weighted by molar-refractivity contribution is 0.755. The molecule has 0 fully saturated rings. The Morgan fingerprint density at radius 1 is 0.194 bits per heavy atom. The third-order valence-corrected chi connectivity index (χ3v) is 12.1. The van der Waals surface area contributed by atoms with Gasteiger partial charge < -0.3 is 0 Å². The molecule has 0 N–H and O–H groups in total. The summed E-state index contributed by atoms with van der Waals surface area (Å²) in [5.74, 6) is 3.87. The van der Waals surface area contributed by atoms with Gasteiger partial charge in [0, 0.05) is 45.2 Å². The maximum Gasteiger partial charge on any atom is 0.164 e. The molecule has 2 atom stereocenters. The fourth-order valence-electron chi connectivity index (χ4n) is 9.23. The van der Waals surface area contributed by atoms with Crippen LogP contribution in [-0.2, 0) is 0 Å². The van der Waals surface area contributed by atoms with Crippen molar-refractivity contribution in [3.63, 3.8) is 0 Å². The fraction of sp³-hybridized carbons (Fsp3) is 0.0357. The maximum atomic E-state index is 5.11. The van der Waals surface area contributed by atoms with E-state index in [1.807, 2.05) is 121 Å². The molecule has 3 aliphatic carbocycles. The van der Waals surface area contributed by atoms with Gasteiger partial charge in [0.15, 0.2) is 34.9 Å². The lowest BCUT2D eigenvalue weighted by Crippen LogP contribution is -2.27. The van der Waals surface area contributed by atoms with Crippen molar-refractivity contribution >= 4 is 0 Å². The van der Waals surface area contributed by atoms with Crippen LogP contribution in [0, 0.1) is 0 Å². The second-order valence-electron chi connectivity index (χ2n) is 15.8. The summed E-state index contributed by atoms with van der Waals surface area (Å²) >= 11 is 0. The van der Waals surface area contributed by atoms with Crippen LogP contribution in [0.4, 0.5) is 0 Å². The van der Waals surface area contributed by atoms with Crippen molar-refractivity contribution in [3.8, 4) is 79.5 Å². The smallest absolute Gasteiger partial charge is 0.164 e. The second kappa shape index (κ2) is 14.8. The third-order valence-electron chi connectivity index (χ3n) is 12.1. The minimum atomic E-state index is -0.0141. The van der Waals surface area contributed by atoms with Gasteiger partial charge in [-0.1, -0.05) is 188 Å². The Bertz CT molecular complexity index is 3170. The van der Waals surface area contributed by atoms with Gasteiger partial charge in [0.1, 0.15) is 0 Å². The maximum absolute atomic E-state index is 5.11. The van der Waals surface area contributed by atoms with Gasteiger partial charge in [-0.25, -0.2) is 29.9 Å². The van der Waals surface area contributed by atoms with Gasteiger partial charge in [0.25, 0.3) is 0 Å². The number of rotatable bonds is 7. The largest absolute Gasteiger partial charge is 0.208 e. The quantitative estimate of drug-likeness (QED) is 0.160. The van der Waals surface area contributed by atoms with Crippen LogP contribution in [0.2, 0.25) is 0 Å². The molecule has 0 spiro atoms. The summed E-state index contributed by atoms with van der Waals surface area (Å²) in [6.07, 6.45) is 0. The average Bonchev–Trinajstić information content (AvgIpc) is 3.36. The van der Waals surface area contributed by atoms with Gasteiger partial charge in [-0.3, -0.25) is 0 Å². The topological polar surface area (TPSA) is 77.3 Å². The Balaban J connectivity index is 1.02. The molecule has 3 aliphatic rings. The lowest BCUT2D eigenvalue weighted by atomic mass is 9.60. The van der Waals surface area contributed by atoms with Gasteiger partial charge in [-0.05, 0) is 62.7 Å². The molecule has 6 nitrogen and oxygen atoms in total. The zero-order valence-electron chi connectivity index (χ0n) is 33.5. The van der Waals surface area contributed by atoms with Crippen LogP contribution < -0.4 is 0 Å². The van der Waals surface area contributed by atoms with Crippen molar-refractivity contribution in [3.05, 3.63) is 240 Å². The minimum absolute atomic E-state index is 0.000894. The van der Waals surface area contributed by atoms with E-state index in [-0.39, 0.29) is 11.8 Å². The zero-order chi connectivity index (χ0) is 41.0. The van der Waals surface area contributed by atoms with E-state index < -0.39 is 0 Å². The molecule has 0 aliphatic heterocycles. The van der Waals surface area contributed by atoms with Crippen LogP contribution in [0.15, 0.2) is 206 Å². The minimum Gasteiger partial charge on any atom is -0.208 e. The van der Waals surface area contributed by atoms with Gasteiger partial charge >= 0.3 is 0 Å². The Kier molecular flexibility index (Phi) is 8.52. The number of hydrogen-bond donors (Lipinski definition) is 0. The Hall–Kier alpha value is -8.22. The number of benzene rings is 8. The monoisotopic (exact) mass is 792 g/mol.